The average molecular weight is 328 g/mol. The normalized spacial score (nSPS) is 20.8. The number of ether oxygens (including phenoxy) is 1. The highest BCUT2D eigenvalue weighted by Crippen LogP contribution is 2.30. The Kier molecular flexibility index (Phi) is 4.57. The molecular formula is C18H17FN2O3. The van der Waals surface area contributed by atoms with Gasteiger partial charge in [0.2, 0.25) is 5.91 Å². The number of nitrogens with one attached hydrogen (secondary N) is 1. The Labute approximate surface area is 139 Å². The molecule has 1 aliphatic rings. The maximum absolute atomic E-state index is 13.6. The summed E-state index contributed by atoms with van der Waals surface area (Å²) in [5, 5.41) is 2.77. The number of benzene rings is 2. The fraction of sp³-hybridized carbons (Fsp3) is 0.222. The number of hydrogen-bond donors (Lipinski definition) is 1. The molecule has 0 radical (unpaired) electrons. The standard InChI is InChI=1S/C18H17FN2O3/c1-21-15(22)11-24-17(16(21)12-6-5-7-13(19)10-12)18(23)20-14-8-3-2-4-9-14/h2-10,16-17H,11H2,1H3,(H,20,23)/t16-,17+/m1/s1. The van der Waals surface area contributed by atoms with E-state index in [0.717, 1.165) is 0 Å². The number of para-hydroxylation sites is 1. The van der Waals surface area contributed by atoms with Crippen molar-refractivity contribution in [2.45, 2.75) is 12.1 Å². The Morgan fingerprint density at radius 3 is 2.67 bits per heavy atom. The van der Waals surface area contributed by atoms with Gasteiger partial charge in [0, 0.05) is 12.7 Å². The molecule has 1 fully saturated rings. The Morgan fingerprint density at radius 2 is 1.96 bits per heavy atom. The lowest BCUT2D eigenvalue weighted by Gasteiger charge is -2.38. The molecule has 0 unspecified atom stereocenters. The van der Waals surface area contributed by atoms with Gasteiger partial charge in [-0.1, -0.05) is 30.3 Å². The molecule has 3 rings (SSSR count). The van der Waals surface area contributed by atoms with Gasteiger partial charge in [-0.2, -0.15) is 0 Å². The first-order chi connectivity index (χ1) is 11.6. The highest BCUT2D eigenvalue weighted by molar-refractivity contribution is 5.96. The van der Waals surface area contributed by atoms with Crippen molar-refractivity contribution < 1.29 is 18.7 Å². The van der Waals surface area contributed by atoms with Crippen LogP contribution >= 0.6 is 0 Å². The molecule has 1 N–H and O–H groups in total. The van der Waals surface area contributed by atoms with Crippen molar-refractivity contribution in [2.75, 3.05) is 19.0 Å². The average Bonchev–Trinajstić information content (AvgIpc) is 2.58. The minimum absolute atomic E-state index is 0.185. The van der Waals surface area contributed by atoms with Crippen LogP contribution in [0.15, 0.2) is 54.6 Å². The summed E-state index contributed by atoms with van der Waals surface area (Å²) in [5.41, 5.74) is 1.14. The lowest BCUT2D eigenvalue weighted by atomic mass is 9.97. The van der Waals surface area contributed by atoms with Crippen LogP contribution < -0.4 is 5.32 Å². The Balaban J connectivity index is 1.89. The molecule has 6 heteroatoms. The van der Waals surface area contributed by atoms with Crippen molar-refractivity contribution in [2.24, 2.45) is 0 Å². The predicted molar refractivity (Wildman–Crippen MR) is 86.7 cm³/mol. The maximum Gasteiger partial charge on any atom is 0.256 e. The zero-order valence-electron chi connectivity index (χ0n) is 13.1. The van der Waals surface area contributed by atoms with Crippen LogP contribution in [0.2, 0.25) is 0 Å². The van der Waals surface area contributed by atoms with Gasteiger partial charge in [0.05, 0.1) is 6.04 Å². The fourth-order valence-electron chi connectivity index (χ4n) is 2.76. The smallest absolute Gasteiger partial charge is 0.256 e. The minimum atomic E-state index is -0.922. The lowest BCUT2D eigenvalue weighted by molar-refractivity contribution is -0.160. The van der Waals surface area contributed by atoms with Gasteiger partial charge >= 0.3 is 0 Å². The second-order valence-electron chi connectivity index (χ2n) is 5.59. The van der Waals surface area contributed by atoms with Crippen molar-refractivity contribution >= 4 is 17.5 Å². The summed E-state index contributed by atoms with van der Waals surface area (Å²) in [6, 6.07) is 14.1. The van der Waals surface area contributed by atoms with Crippen LogP contribution in [0, 0.1) is 5.82 Å². The van der Waals surface area contributed by atoms with Crippen LogP contribution in [0.25, 0.3) is 0 Å². The van der Waals surface area contributed by atoms with Gasteiger partial charge < -0.3 is 15.0 Å². The summed E-state index contributed by atoms with van der Waals surface area (Å²) in [4.78, 5) is 26.0. The van der Waals surface area contributed by atoms with Crippen molar-refractivity contribution in [3.63, 3.8) is 0 Å². The molecular weight excluding hydrogens is 311 g/mol. The van der Waals surface area contributed by atoms with Crippen LogP contribution in [-0.4, -0.2) is 36.5 Å². The molecule has 0 bridgehead atoms. The molecule has 1 aliphatic heterocycles. The highest BCUT2D eigenvalue weighted by Gasteiger charge is 2.40. The van der Waals surface area contributed by atoms with Crippen LogP contribution in [0.1, 0.15) is 11.6 Å². The zero-order valence-corrected chi connectivity index (χ0v) is 13.1. The number of hydrogen-bond acceptors (Lipinski definition) is 3. The molecule has 5 nitrogen and oxygen atoms in total. The summed E-state index contributed by atoms with van der Waals surface area (Å²) >= 11 is 0. The summed E-state index contributed by atoms with van der Waals surface area (Å²) in [5.74, 6) is -1.07. The topological polar surface area (TPSA) is 58.6 Å². The third kappa shape index (κ3) is 3.28. The summed E-state index contributed by atoms with van der Waals surface area (Å²) in [6.45, 7) is -0.185. The van der Waals surface area contributed by atoms with E-state index in [1.807, 2.05) is 6.07 Å². The Hall–Kier alpha value is -2.73. The van der Waals surface area contributed by atoms with Gasteiger partial charge in [0.15, 0.2) is 6.10 Å². The van der Waals surface area contributed by atoms with E-state index in [2.05, 4.69) is 5.32 Å². The number of carbonyl (C=O) groups is 2. The van der Waals surface area contributed by atoms with Crippen LogP contribution in [-0.2, 0) is 14.3 Å². The summed E-state index contributed by atoms with van der Waals surface area (Å²) in [6.07, 6.45) is -0.922. The van der Waals surface area contributed by atoms with E-state index in [1.165, 1.54) is 17.0 Å². The molecule has 2 aromatic rings. The second-order valence-corrected chi connectivity index (χ2v) is 5.59. The molecule has 0 saturated carbocycles. The van der Waals surface area contributed by atoms with Crippen LogP contribution in [0.5, 0.6) is 0 Å². The third-order valence-electron chi connectivity index (χ3n) is 3.97. The molecule has 2 aromatic carbocycles. The summed E-state index contributed by atoms with van der Waals surface area (Å²) in [7, 11) is 1.59. The van der Waals surface area contributed by atoms with E-state index in [4.69, 9.17) is 4.74 Å². The van der Waals surface area contributed by atoms with E-state index in [-0.39, 0.29) is 18.4 Å². The first-order valence-corrected chi connectivity index (χ1v) is 7.55. The first-order valence-electron chi connectivity index (χ1n) is 7.55. The molecule has 2 atom stereocenters. The van der Waals surface area contributed by atoms with Gasteiger partial charge in [-0.05, 0) is 29.8 Å². The molecule has 124 valence electrons. The van der Waals surface area contributed by atoms with E-state index >= 15 is 0 Å². The maximum atomic E-state index is 13.6. The van der Waals surface area contributed by atoms with Gasteiger partial charge in [0.25, 0.3) is 5.91 Å². The number of likely N-dealkylation sites (N-methyl/N-ethyl adjacent to an activating group) is 1. The molecule has 1 heterocycles. The number of rotatable bonds is 3. The van der Waals surface area contributed by atoms with Crippen molar-refractivity contribution in [1.29, 1.82) is 0 Å². The molecule has 0 spiro atoms. The molecule has 0 aliphatic carbocycles. The third-order valence-corrected chi connectivity index (χ3v) is 3.97. The van der Waals surface area contributed by atoms with Gasteiger partial charge in [-0.15, -0.1) is 0 Å². The monoisotopic (exact) mass is 328 g/mol. The molecule has 2 amide bonds. The number of anilines is 1. The number of carbonyl (C=O) groups excluding carboxylic acids is 2. The highest BCUT2D eigenvalue weighted by atomic mass is 19.1. The Morgan fingerprint density at radius 1 is 1.21 bits per heavy atom. The quantitative estimate of drug-likeness (QED) is 0.941. The van der Waals surface area contributed by atoms with Crippen molar-refractivity contribution in [3.05, 3.63) is 66.0 Å². The zero-order chi connectivity index (χ0) is 17.1. The predicted octanol–water partition coefficient (Wildman–Crippen LogP) is 2.36. The van der Waals surface area contributed by atoms with Gasteiger partial charge in [-0.3, -0.25) is 9.59 Å². The largest absolute Gasteiger partial charge is 0.356 e. The van der Waals surface area contributed by atoms with Crippen LogP contribution in [0.4, 0.5) is 10.1 Å². The lowest BCUT2D eigenvalue weighted by Crippen LogP contribution is -2.51. The molecule has 24 heavy (non-hydrogen) atoms. The summed E-state index contributed by atoms with van der Waals surface area (Å²) < 4.78 is 19.1. The van der Waals surface area contributed by atoms with Crippen molar-refractivity contribution in [3.8, 4) is 0 Å². The number of morpholine rings is 1. The SMILES string of the molecule is CN1C(=O)CO[C@H](C(=O)Nc2ccccc2)[C@H]1c1cccc(F)c1. The first kappa shape index (κ1) is 16.1. The van der Waals surface area contributed by atoms with E-state index in [1.54, 1.807) is 43.4 Å². The minimum Gasteiger partial charge on any atom is -0.356 e. The second kappa shape index (κ2) is 6.80. The van der Waals surface area contributed by atoms with Crippen molar-refractivity contribution in [1.82, 2.24) is 4.90 Å². The number of amides is 2. The number of nitrogens with zero attached hydrogens (tertiary/aromatic N) is 1. The fourth-order valence-corrected chi connectivity index (χ4v) is 2.76. The van der Waals surface area contributed by atoms with E-state index in [9.17, 15) is 14.0 Å². The number of halogens is 1. The van der Waals surface area contributed by atoms with Gasteiger partial charge in [0.1, 0.15) is 12.4 Å². The molecule has 1 saturated heterocycles. The van der Waals surface area contributed by atoms with E-state index in [0.29, 0.717) is 11.3 Å². The Bertz CT molecular complexity index is 751. The molecule has 0 aromatic heterocycles. The van der Waals surface area contributed by atoms with Gasteiger partial charge in [-0.25, -0.2) is 4.39 Å². The van der Waals surface area contributed by atoms with Crippen LogP contribution in [0.3, 0.4) is 0 Å². The van der Waals surface area contributed by atoms with E-state index < -0.39 is 18.0 Å².